The Morgan fingerprint density at radius 3 is 2.24 bits per heavy atom. The summed E-state index contributed by atoms with van der Waals surface area (Å²) in [5, 5.41) is 0.366. The number of para-hydroxylation sites is 1. The molecule has 0 spiro atoms. The maximum atomic E-state index is 12.8. The first kappa shape index (κ1) is 16.5. The maximum absolute atomic E-state index is 12.8. The molecule has 25 heavy (non-hydrogen) atoms. The first-order valence-corrected chi connectivity index (χ1v) is 7.41. The van der Waals surface area contributed by atoms with Gasteiger partial charge in [-0.1, -0.05) is 12.1 Å². The van der Waals surface area contributed by atoms with Crippen LogP contribution < -0.4 is 19.8 Å². The average Bonchev–Trinajstić information content (AvgIpc) is 2.66. The standard InChI is InChI=1S/C18H16N2O5/c1-23-14-8-11(9-15(24-2)16(14)25-3)17(21)20-10-19-13-7-5-4-6-12(13)18(20)22/h4-10H,1-3H3. The van der Waals surface area contributed by atoms with E-state index in [0.717, 1.165) is 4.57 Å². The van der Waals surface area contributed by atoms with E-state index < -0.39 is 11.5 Å². The largest absolute Gasteiger partial charge is 0.493 e. The molecule has 1 aromatic heterocycles. The molecule has 0 aliphatic rings. The Kier molecular flexibility index (Phi) is 4.38. The number of carbonyl (C=O) groups is 1. The first-order chi connectivity index (χ1) is 12.1. The third-order valence-electron chi connectivity index (χ3n) is 3.80. The molecule has 0 aliphatic carbocycles. The molecule has 1 heterocycles. The summed E-state index contributed by atoms with van der Waals surface area (Å²) in [5.41, 5.74) is 0.305. The third-order valence-corrected chi connectivity index (χ3v) is 3.80. The monoisotopic (exact) mass is 340 g/mol. The molecule has 0 fully saturated rings. The van der Waals surface area contributed by atoms with Crippen molar-refractivity contribution in [2.45, 2.75) is 0 Å². The third kappa shape index (κ3) is 2.80. The van der Waals surface area contributed by atoms with Crippen LogP contribution in [0.5, 0.6) is 17.2 Å². The fraction of sp³-hybridized carbons (Fsp3) is 0.167. The number of hydrogen-bond acceptors (Lipinski definition) is 6. The zero-order valence-corrected chi connectivity index (χ0v) is 14.0. The number of nitrogens with zero attached hydrogens (tertiary/aromatic N) is 2. The molecule has 0 radical (unpaired) electrons. The Morgan fingerprint density at radius 1 is 1.00 bits per heavy atom. The van der Waals surface area contributed by atoms with Gasteiger partial charge in [0.2, 0.25) is 5.75 Å². The van der Waals surface area contributed by atoms with Crippen molar-refractivity contribution in [2.24, 2.45) is 0 Å². The first-order valence-electron chi connectivity index (χ1n) is 7.41. The minimum absolute atomic E-state index is 0.216. The zero-order chi connectivity index (χ0) is 18.0. The Labute approximate surface area is 143 Å². The summed E-state index contributed by atoms with van der Waals surface area (Å²) in [6, 6.07) is 9.82. The van der Waals surface area contributed by atoms with Crippen molar-refractivity contribution in [2.75, 3.05) is 21.3 Å². The van der Waals surface area contributed by atoms with E-state index in [2.05, 4.69) is 4.98 Å². The summed E-state index contributed by atoms with van der Waals surface area (Å²) in [7, 11) is 4.38. The quantitative estimate of drug-likeness (QED) is 0.724. The molecule has 3 aromatic rings. The van der Waals surface area contributed by atoms with E-state index in [-0.39, 0.29) is 5.56 Å². The Hall–Kier alpha value is -3.35. The highest BCUT2D eigenvalue weighted by Crippen LogP contribution is 2.38. The van der Waals surface area contributed by atoms with Crippen LogP contribution in [-0.4, -0.2) is 36.8 Å². The molecule has 0 unspecified atom stereocenters. The van der Waals surface area contributed by atoms with Gasteiger partial charge in [0.15, 0.2) is 11.5 Å². The molecule has 7 nitrogen and oxygen atoms in total. The van der Waals surface area contributed by atoms with Gasteiger partial charge in [0.25, 0.3) is 11.5 Å². The molecule has 0 saturated heterocycles. The fourth-order valence-corrected chi connectivity index (χ4v) is 2.56. The smallest absolute Gasteiger partial charge is 0.268 e. The summed E-state index contributed by atoms with van der Waals surface area (Å²) < 4.78 is 16.7. The van der Waals surface area contributed by atoms with Crippen molar-refractivity contribution in [3.05, 3.63) is 58.6 Å². The Morgan fingerprint density at radius 2 is 1.64 bits per heavy atom. The van der Waals surface area contributed by atoms with Crippen LogP contribution in [0, 0.1) is 0 Å². The predicted molar refractivity (Wildman–Crippen MR) is 91.8 cm³/mol. The van der Waals surface area contributed by atoms with Crippen LogP contribution >= 0.6 is 0 Å². The Balaban J connectivity index is 2.16. The minimum atomic E-state index is -0.539. The van der Waals surface area contributed by atoms with E-state index in [1.165, 1.54) is 39.8 Å². The second kappa shape index (κ2) is 6.64. The second-order valence-electron chi connectivity index (χ2n) is 5.16. The lowest BCUT2D eigenvalue weighted by Crippen LogP contribution is -2.27. The lowest BCUT2D eigenvalue weighted by atomic mass is 10.1. The number of aromatic nitrogens is 2. The van der Waals surface area contributed by atoms with Crippen molar-refractivity contribution >= 4 is 16.8 Å². The van der Waals surface area contributed by atoms with E-state index in [1.807, 2.05) is 0 Å². The number of fused-ring (bicyclic) bond motifs is 1. The molecule has 0 amide bonds. The van der Waals surface area contributed by atoms with E-state index in [4.69, 9.17) is 14.2 Å². The van der Waals surface area contributed by atoms with Crippen molar-refractivity contribution < 1.29 is 19.0 Å². The molecule has 3 rings (SSSR count). The number of rotatable bonds is 4. The summed E-state index contributed by atoms with van der Waals surface area (Å²) >= 11 is 0. The molecule has 2 aromatic carbocycles. The topological polar surface area (TPSA) is 79.7 Å². The highest BCUT2D eigenvalue weighted by atomic mass is 16.5. The van der Waals surface area contributed by atoms with E-state index >= 15 is 0 Å². The van der Waals surface area contributed by atoms with Crippen LogP contribution in [0.2, 0.25) is 0 Å². The number of carbonyl (C=O) groups excluding carboxylic acids is 1. The molecule has 128 valence electrons. The van der Waals surface area contributed by atoms with E-state index in [9.17, 15) is 9.59 Å². The number of benzene rings is 2. The van der Waals surface area contributed by atoms with Crippen LogP contribution in [0.3, 0.4) is 0 Å². The molecule has 7 heteroatoms. The van der Waals surface area contributed by atoms with Crippen LogP contribution in [0.15, 0.2) is 47.5 Å². The van der Waals surface area contributed by atoms with Gasteiger partial charge in [0.1, 0.15) is 6.33 Å². The van der Waals surface area contributed by atoms with Gasteiger partial charge >= 0.3 is 0 Å². The van der Waals surface area contributed by atoms with Gasteiger partial charge in [-0.2, -0.15) is 0 Å². The number of methoxy groups -OCH3 is 3. The summed E-state index contributed by atoms with van der Waals surface area (Å²) in [4.78, 5) is 29.6. The summed E-state index contributed by atoms with van der Waals surface area (Å²) in [6.07, 6.45) is 1.22. The van der Waals surface area contributed by atoms with Crippen molar-refractivity contribution in [1.29, 1.82) is 0 Å². The van der Waals surface area contributed by atoms with Gasteiger partial charge in [-0.25, -0.2) is 9.55 Å². The predicted octanol–water partition coefficient (Wildman–Crippen LogP) is 2.11. The number of hydrogen-bond donors (Lipinski definition) is 0. The van der Waals surface area contributed by atoms with Crippen LogP contribution in [0.25, 0.3) is 10.9 Å². The average molecular weight is 340 g/mol. The lowest BCUT2D eigenvalue weighted by Gasteiger charge is -2.14. The van der Waals surface area contributed by atoms with Crippen LogP contribution in [0.1, 0.15) is 10.4 Å². The van der Waals surface area contributed by atoms with Crippen molar-refractivity contribution in [1.82, 2.24) is 9.55 Å². The molecule has 0 saturated carbocycles. The van der Waals surface area contributed by atoms with Crippen molar-refractivity contribution in [3.63, 3.8) is 0 Å². The van der Waals surface area contributed by atoms with Gasteiger partial charge < -0.3 is 14.2 Å². The van der Waals surface area contributed by atoms with Crippen LogP contribution in [-0.2, 0) is 0 Å². The van der Waals surface area contributed by atoms with Gasteiger partial charge in [-0.15, -0.1) is 0 Å². The molecule has 0 bridgehead atoms. The highest BCUT2D eigenvalue weighted by molar-refractivity contribution is 5.98. The minimum Gasteiger partial charge on any atom is -0.493 e. The second-order valence-corrected chi connectivity index (χ2v) is 5.16. The maximum Gasteiger partial charge on any atom is 0.268 e. The fourth-order valence-electron chi connectivity index (χ4n) is 2.56. The Bertz CT molecular complexity index is 985. The summed E-state index contributed by atoms with van der Waals surface area (Å²) in [5.74, 6) is 0.479. The van der Waals surface area contributed by atoms with Gasteiger partial charge in [0, 0.05) is 5.56 Å². The van der Waals surface area contributed by atoms with Gasteiger partial charge in [-0.3, -0.25) is 9.59 Å². The lowest BCUT2D eigenvalue weighted by molar-refractivity contribution is 0.0954. The SMILES string of the molecule is COc1cc(C(=O)n2cnc3ccccc3c2=O)cc(OC)c1OC. The molecular weight excluding hydrogens is 324 g/mol. The van der Waals surface area contributed by atoms with E-state index in [1.54, 1.807) is 24.3 Å². The normalized spacial score (nSPS) is 10.5. The molecule has 0 atom stereocenters. The summed E-state index contributed by atoms with van der Waals surface area (Å²) in [6.45, 7) is 0. The van der Waals surface area contributed by atoms with Gasteiger partial charge in [-0.05, 0) is 24.3 Å². The van der Waals surface area contributed by atoms with Gasteiger partial charge in [0.05, 0.1) is 32.2 Å². The molecule has 0 aliphatic heterocycles. The highest BCUT2D eigenvalue weighted by Gasteiger charge is 2.19. The molecule has 0 N–H and O–H groups in total. The number of ether oxygens (including phenoxy) is 3. The van der Waals surface area contributed by atoms with E-state index in [0.29, 0.717) is 28.2 Å². The van der Waals surface area contributed by atoms with Crippen molar-refractivity contribution in [3.8, 4) is 17.2 Å². The molecular formula is C18H16N2O5. The van der Waals surface area contributed by atoms with Crippen LogP contribution in [0.4, 0.5) is 0 Å². The zero-order valence-electron chi connectivity index (χ0n) is 14.0.